The minimum Gasteiger partial charge on any atom is -0.373 e. The van der Waals surface area contributed by atoms with Gasteiger partial charge in [0.2, 0.25) is 35.5 Å². The molecule has 4 fully saturated rings. The number of hydrogen-bond acceptors (Lipinski definition) is 13. The summed E-state index contributed by atoms with van der Waals surface area (Å²) in [6.07, 6.45) is 3.49. The molecule has 0 spiro atoms. The lowest BCUT2D eigenvalue weighted by Crippen LogP contribution is -2.50. The number of halogens is 4. The van der Waals surface area contributed by atoms with Gasteiger partial charge in [-0.15, -0.1) is 10.6 Å². The molecule has 0 unspecified atom stereocenters. The average molecular weight is 1020 g/mol. The summed E-state index contributed by atoms with van der Waals surface area (Å²) in [5, 5.41) is 15.4. The summed E-state index contributed by atoms with van der Waals surface area (Å²) in [7, 11) is 0. The third kappa shape index (κ3) is 12.0. The molecule has 5 aliphatic rings. The molecule has 0 radical (unpaired) electrons. The zero-order valence-electron chi connectivity index (χ0n) is 40.3. The van der Waals surface area contributed by atoms with Crippen LogP contribution in [0.4, 0.5) is 17.6 Å². The van der Waals surface area contributed by atoms with E-state index in [1.165, 1.54) is 25.7 Å². The number of rotatable bonds is 21. The second kappa shape index (κ2) is 22.4. The van der Waals surface area contributed by atoms with E-state index in [9.17, 15) is 28.0 Å². The number of hydrazine groups is 2. The third-order valence-corrected chi connectivity index (χ3v) is 13.7. The predicted molar refractivity (Wildman–Crippen MR) is 257 cm³/mol. The predicted octanol–water partition coefficient (Wildman–Crippen LogP) is 4.49. The van der Waals surface area contributed by atoms with Crippen molar-refractivity contribution in [3.05, 3.63) is 154 Å². The van der Waals surface area contributed by atoms with Gasteiger partial charge in [0.25, 0.3) is 0 Å². The number of nitrogens with one attached hydrogen (secondary N) is 4. The van der Waals surface area contributed by atoms with Crippen LogP contribution in [0.15, 0.2) is 103 Å². The zero-order valence-corrected chi connectivity index (χ0v) is 40.3. The fraction of sp³-hybridized carbons (Fsp3) is 0.423. The van der Waals surface area contributed by atoms with Crippen LogP contribution in [-0.2, 0) is 41.8 Å². The van der Waals surface area contributed by atoms with Crippen molar-refractivity contribution < 1.29 is 46.2 Å². The summed E-state index contributed by atoms with van der Waals surface area (Å²) in [6.45, 7) is -0.581. The van der Waals surface area contributed by atoms with Crippen molar-refractivity contribution in [1.29, 1.82) is 0 Å². The van der Waals surface area contributed by atoms with Crippen LogP contribution in [-0.4, -0.2) is 127 Å². The molecule has 6 heterocycles. The highest BCUT2D eigenvalue weighted by Crippen LogP contribution is 2.42. The van der Waals surface area contributed by atoms with Crippen LogP contribution in [0.1, 0.15) is 102 Å². The van der Waals surface area contributed by atoms with Crippen LogP contribution >= 0.6 is 0 Å². The normalized spacial score (nSPS) is 21.3. The number of pyridine rings is 2. The number of nitrogens with zero attached hydrogens (tertiary/aromatic N) is 8. The molecule has 4 N–H and O–H groups in total. The van der Waals surface area contributed by atoms with Gasteiger partial charge in [-0.1, -0.05) is 78.0 Å². The Hall–Kier alpha value is -7.30. The molecule has 5 aromatic rings. The Labute approximate surface area is 423 Å². The molecular weight excluding hydrogens is 965 g/mol. The number of amides is 4. The third-order valence-electron chi connectivity index (χ3n) is 13.7. The van der Waals surface area contributed by atoms with E-state index < -0.39 is 72.0 Å². The Morgan fingerprint density at radius 2 is 1.16 bits per heavy atom. The average Bonchev–Trinajstić information content (AvgIpc) is 4.24. The van der Waals surface area contributed by atoms with Crippen LogP contribution in [0.2, 0.25) is 0 Å². The summed E-state index contributed by atoms with van der Waals surface area (Å²) < 4.78 is 72.7. The second-order valence-corrected chi connectivity index (χ2v) is 19.3. The van der Waals surface area contributed by atoms with Crippen LogP contribution in [0, 0.1) is 11.9 Å². The maximum atomic E-state index is 15.1. The van der Waals surface area contributed by atoms with E-state index in [1.807, 2.05) is 12.1 Å². The van der Waals surface area contributed by atoms with Crippen LogP contribution in [0.3, 0.4) is 0 Å². The van der Waals surface area contributed by atoms with E-state index >= 15 is 8.78 Å². The fourth-order valence-electron chi connectivity index (χ4n) is 9.66. The van der Waals surface area contributed by atoms with Gasteiger partial charge in [0.05, 0.1) is 74.9 Å². The van der Waals surface area contributed by atoms with E-state index in [1.54, 1.807) is 79.0 Å². The Bertz CT molecular complexity index is 2860. The van der Waals surface area contributed by atoms with E-state index in [0.717, 1.165) is 25.7 Å². The van der Waals surface area contributed by atoms with Gasteiger partial charge in [-0.2, -0.15) is 8.78 Å². The summed E-state index contributed by atoms with van der Waals surface area (Å²) in [5.41, 5.74) is 9.76. The van der Waals surface area contributed by atoms with E-state index in [-0.39, 0.29) is 83.0 Å². The van der Waals surface area contributed by atoms with E-state index in [0.29, 0.717) is 39.3 Å². The van der Waals surface area contributed by atoms with Gasteiger partial charge >= 0.3 is 0 Å². The van der Waals surface area contributed by atoms with Crippen molar-refractivity contribution >= 4 is 23.6 Å². The number of ether oxygens (including phenoxy) is 2. The fourth-order valence-corrected chi connectivity index (χ4v) is 9.66. The van der Waals surface area contributed by atoms with E-state index in [4.69, 9.17) is 9.47 Å². The largest absolute Gasteiger partial charge is 0.373 e. The van der Waals surface area contributed by atoms with Crippen molar-refractivity contribution in [2.45, 2.75) is 100 Å². The minimum absolute atomic E-state index is 0.0411. The Morgan fingerprint density at radius 1 is 0.662 bits per heavy atom. The van der Waals surface area contributed by atoms with Crippen LogP contribution < -0.4 is 21.6 Å². The summed E-state index contributed by atoms with van der Waals surface area (Å²) in [4.78, 5) is 65.5. The molecule has 0 bridgehead atoms. The molecule has 2 aromatic carbocycles. The summed E-state index contributed by atoms with van der Waals surface area (Å²) in [6, 6.07) is 20.8. The monoisotopic (exact) mass is 1020 g/mol. The van der Waals surface area contributed by atoms with Crippen molar-refractivity contribution in [3.63, 3.8) is 0 Å². The minimum atomic E-state index is -1.43. The standard InChI is InChI=1S/C52H56F4N12O6/c53-35-21-43(51(71)59-47(33-7-3-1-4-8-33)41-17-15-39(31-11-12-31)49(55)57-41)67(23-35)45(69)27-65-25-37(61-63-65)29-73-19-20-74-30-38-26-66(64-62-38)28-46(70)68-24-36(54)22-44(68)52(72)60-48(34-9-5-2-6-10-34)42-18-16-40(32-13-14-32)50(56)58-42/h1-10,15-18,25-26,31-32,35-36,43-44,47-48,61,63H,11-14,19-24,27-30H2,(H,59,71)(H,60,72)/t35-,36-,43+,44+,47+,48+/m1/s1. The SMILES string of the molecule is O=C(N[C@@H](c1ccccc1)c1ccc(C2CC2)c(F)n1)[C@@H]1C[C@@H](F)CN1C(=O)CN1C=C(COCCOCc2cn(CC(=O)N3C[C@H](F)C[C@H]3C(=O)N[C@@H](c3ccccc3)c3ccc(C4CC4)c(F)n3)nn2)NN1. The lowest BCUT2D eigenvalue weighted by atomic mass is 10.0. The molecule has 4 amide bonds. The number of benzene rings is 2. The number of hydrogen-bond donors (Lipinski definition) is 4. The molecule has 10 rings (SSSR count). The molecule has 2 saturated carbocycles. The Morgan fingerprint density at radius 3 is 1.66 bits per heavy atom. The van der Waals surface area contributed by atoms with Crippen molar-refractivity contribution in [1.82, 2.24) is 61.4 Å². The van der Waals surface area contributed by atoms with Gasteiger partial charge < -0.3 is 35.3 Å². The quantitative estimate of drug-likeness (QED) is 0.0456. The lowest BCUT2D eigenvalue weighted by Gasteiger charge is -2.28. The number of likely N-dealkylation sites (tertiary alicyclic amines) is 2. The van der Waals surface area contributed by atoms with Crippen LogP contribution in [0.25, 0.3) is 0 Å². The first kappa shape index (κ1) is 50.2. The number of alkyl halides is 2. The first-order valence-corrected chi connectivity index (χ1v) is 24.9. The first-order chi connectivity index (χ1) is 35.9. The molecule has 2 aliphatic carbocycles. The lowest BCUT2D eigenvalue weighted by molar-refractivity contribution is -0.139. The highest BCUT2D eigenvalue weighted by Gasteiger charge is 2.43. The van der Waals surface area contributed by atoms with Gasteiger partial charge in [0.15, 0.2) is 0 Å². The summed E-state index contributed by atoms with van der Waals surface area (Å²) >= 11 is 0. The smallest absolute Gasteiger partial charge is 0.245 e. The molecule has 388 valence electrons. The van der Waals surface area contributed by atoms with Gasteiger partial charge in [-0.25, -0.2) is 23.4 Å². The van der Waals surface area contributed by atoms with Gasteiger partial charge in [-0.05, 0) is 60.8 Å². The number of aromatic nitrogens is 5. The maximum absolute atomic E-state index is 15.1. The molecule has 74 heavy (non-hydrogen) atoms. The van der Waals surface area contributed by atoms with Gasteiger partial charge in [-0.3, -0.25) is 24.2 Å². The zero-order chi connectivity index (χ0) is 51.3. The summed E-state index contributed by atoms with van der Waals surface area (Å²) in [5.74, 6) is -3.07. The van der Waals surface area contributed by atoms with Crippen molar-refractivity contribution in [2.24, 2.45) is 0 Å². The topological polar surface area (TPSA) is 201 Å². The Kier molecular flexibility index (Phi) is 15.2. The first-order valence-electron chi connectivity index (χ1n) is 24.9. The number of carbonyl (C=O) groups excluding carboxylic acids is 4. The van der Waals surface area contributed by atoms with Crippen molar-refractivity contribution in [3.8, 4) is 0 Å². The molecule has 18 nitrogen and oxygen atoms in total. The molecule has 6 atom stereocenters. The molecule has 2 saturated heterocycles. The number of carbonyl (C=O) groups is 4. The highest BCUT2D eigenvalue weighted by atomic mass is 19.1. The van der Waals surface area contributed by atoms with Crippen LogP contribution in [0.5, 0.6) is 0 Å². The Balaban J connectivity index is 0.659. The van der Waals surface area contributed by atoms with E-state index in [2.05, 4.69) is 41.9 Å². The molecule has 3 aliphatic heterocycles. The van der Waals surface area contributed by atoms with Gasteiger partial charge in [0, 0.05) is 30.2 Å². The molecule has 22 heteroatoms. The second-order valence-electron chi connectivity index (χ2n) is 19.3. The molecule has 3 aromatic heterocycles. The molecular formula is C52H56F4N12O6. The highest BCUT2D eigenvalue weighted by molar-refractivity contribution is 5.90. The van der Waals surface area contributed by atoms with Gasteiger partial charge in [0.1, 0.15) is 43.2 Å². The van der Waals surface area contributed by atoms with Crippen molar-refractivity contribution in [2.75, 3.05) is 39.5 Å². The maximum Gasteiger partial charge on any atom is 0.245 e.